The maximum Gasteiger partial charge on any atom is 0.293 e. The number of amides is 3. The Morgan fingerprint density at radius 3 is 2.88 bits per heavy atom. The molecular weight excluding hydrogens is 379 g/mol. The van der Waals surface area contributed by atoms with E-state index in [2.05, 4.69) is 5.32 Å². The first-order chi connectivity index (χ1) is 12.4. The van der Waals surface area contributed by atoms with Crippen molar-refractivity contribution in [2.75, 3.05) is 18.1 Å². The van der Waals surface area contributed by atoms with E-state index >= 15 is 0 Å². The minimum Gasteiger partial charge on any atom is -0.390 e. The number of rotatable bonds is 5. The van der Waals surface area contributed by atoms with Gasteiger partial charge in [0.15, 0.2) is 0 Å². The minimum atomic E-state index is -0.574. The Balaban J connectivity index is 1.58. The van der Waals surface area contributed by atoms with Gasteiger partial charge < -0.3 is 10.4 Å². The zero-order valence-electron chi connectivity index (χ0n) is 13.7. The van der Waals surface area contributed by atoms with Crippen LogP contribution in [0.3, 0.4) is 0 Å². The number of nitrogens with one attached hydrogen (secondary N) is 1. The second kappa shape index (κ2) is 8.24. The zero-order chi connectivity index (χ0) is 18.7. The molecule has 3 amide bonds. The van der Waals surface area contributed by atoms with Crippen molar-refractivity contribution in [1.82, 2.24) is 10.2 Å². The van der Waals surface area contributed by atoms with E-state index in [0.717, 1.165) is 16.7 Å². The molecule has 3 rings (SSSR count). The highest BCUT2D eigenvalue weighted by Gasteiger charge is 2.35. The molecule has 138 valence electrons. The average molecular weight is 396 g/mol. The van der Waals surface area contributed by atoms with Crippen LogP contribution in [0, 0.1) is 5.82 Å². The van der Waals surface area contributed by atoms with Crippen LogP contribution in [0.1, 0.15) is 12.0 Å². The summed E-state index contributed by atoms with van der Waals surface area (Å²) in [6, 6.07) is 5.42. The zero-order valence-corrected chi connectivity index (χ0v) is 15.3. The Morgan fingerprint density at radius 2 is 2.19 bits per heavy atom. The number of benzene rings is 1. The molecule has 26 heavy (non-hydrogen) atoms. The fraction of sp³-hybridized carbons (Fsp3) is 0.353. The third kappa shape index (κ3) is 4.46. The van der Waals surface area contributed by atoms with Crippen LogP contribution >= 0.6 is 23.5 Å². The van der Waals surface area contributed by atoms with E-state index in [9.17, 15) is 23.9 Å². The van der Waals surface area contributed by atoms with Crippen molar-refractivity contribution in [3.05, 3.63) is 40.6 Å². The van der Waals surface area contributed by atoms with Crippen molar-refractivity contribution < 1.29 is 23.9 Å². The Kier molecular flexibility index (Phi) is 6.00. The summed E-state index contributed by atoms with van der Waals surface area (Å²) in [6.45, 7) is -0.0348. The van der Waals surface area contributed by atoms with E-state index in [1.807, 2.05) is 0 Å². The molecule has 0 aromatic heterocycles. The summed E-state index contributed by atoms with van der Waals surface area (Å²) in [5.41, 5.74) is 0.487. The number of nitrogens with zero attached hydrogens (tertiary/aromatic N) is 1. The predicted octanol–water partition coefficient (Wildman–Crippen LogP) is 1.84. The van der Waals surface area contributed by atoms with Gasteiger partial charge >= 0.3 is 0 Å². The molecule has 2 aliphatic heterocycles. The van der Waals surface area contributed by atoms with Crippen molar-refractivity contribution in [3.8, 4) is 0 Å². The van der Waals surface area contributed by atoms with E-state index in [-0.39, 0.29) is 29.8 Å². The van der Waals surface area contributed by atoms with E-state index in [1.165, 1.54) is 24.3 Å². The molecule has 2 atom stereocenters. The van der Waals surface area contributed by atoms with Gasteiger partial charge in [0, 0.05) is 24.5 Å². The van der Waals surface area contributed by atoms with Crippen LogP contribution in [0.15, 0.2) is 29.2 Å². The maximum absolute atomic E-state index is 13.2. The topological polar surface area (TPSA) is 86.7 Å². The van der Waals surface area contributed by atoms with Crippen LogP contribution in [-0.4, -0.2) is 57.3 Å². The first-order valence-corrected chi connectivity index (χ1v) is 9.97. The van der Waals surface area contributed by atoms with Gasteiger partial charge in [0.25, 0.3) is 11.1 Å². The molecule has 2 fully saturated rings. The van der Waals surface area contributed by atoms with Crippen LogP contribution in [0.25, 0.3) is 6.08 Å². The number of halogens is 1. The standard InChI is InChI=1S/C17H17FN2O4S2/c18-11-3-1-2-10(6-11)7-14-16(23)20(17(24)26-14)5-4-15(22)19-12-8-25-9-13(12)21/h1-3,6-7,12-13,21H,4-5,8-9H2,(H,19,22)/b14-7+/t12-,13+/m0/s1. The van der Waals surface area contributed by atoms with E-state index in [4.69, 9.17) is 0 Å². The van der Waals surface area contributed by atoms with Gasteiger partial charge in [-0.2, -0.15) is 11.8 Å². The number of imide groups is 1. The quantitative estimate of drug-likeness (QED) is 0.739. The van der Waals surface area contributed by atoms with Gasteiger partial charge in [0.2, 0.25) is 5.91 Å². The maximum atomic E-state index is 13.2. The van der Waals surface area contributed by atoms with Gasteiger partial charge in [0.05, 0.1) is 17.1 Å². The van der Waals surface area contributed by atoms with E-state index in [0.29, 0.717) is 17.1 Å². The summed E-state index contributed by atoms with van der Waals surface area (Å²) in [6.07, 6.45) is 0.856. The second-order valence-corrected chi connectivity index (χ2v) is 7.99. The highest BCUT2D eigenvalue weighted by molar-refractivity contribution is 8.18. The monoisotopic (exact) mass is 396 g/mol. The third-order valence-electron chi connectivity index (χ3n) is 3.98. The fourth-order valence-electron chi connectivity index (χ4n) is 2.61. The number of aliphatic hydroxyl groups excluding tert-OH is 1. The summed E-state index contributed by atoms with van der Waals surface area (Å²) >= 11 is 2.33. The Bertz CT molecular complexity index is 771. The molecule has 0 unspecified atom stereocenters. The Hall–Kier alpha value is -1.84. The molecule has 0 aliphatic carbocycles. The molecule has 2 N–H and O–H groups in total. The second-order valence-electron chi connectivity index (χ2n) is 5.92. The smallest absolute Gasteiger partial charge is 0.293 e. The van der Waals surface area contributed by atoms with E-state index < -0.39 is 23.1 Å². The summed E-state index contributed by atoms with van der Waals surface area (Å²) < 4.78 is 13.2. The van der Waals surface area contributed by atoms with Crippen molar-refractivity contribution in [2.24, 2.45) is 0 Å². The Labute approximate surface area is 158 Å². The highest BCUT2D eigenvalue weighted by Crippen LogP contribution is 2.32. The molecule has 0 radical (unpaired) electrons. The predicted molar refractivity (Wildman–Crippen MR) is 99.0 cm³/mol. The molecule has 0 saturated carbocycles. The van der Waals surface area contributed by atoms with Crippen LogP contribution in [0.4, 0.5) is 9.18 Å². The first kappa shape index (κ1) is 18.9. The van der Waals surface area contributed by atoms with Gasteiger partial charge in [0.1, 0.15) is 5.82 Å². The van der Waals surface area contributed by atoms with Crippen LogP contribution in [-0.2, 0) is 9.59 Å². The van der Waals surface area contributed by atoms with Crippen LogP contribution < -0.4 is 5.32 Å². The first-order valence-electron chi connectivity index (χ1n) is 8.00. The van der Waals surface area contributed by atoms with E-state index in [1.54, 1.807) is 17.8 Å². The largest absolute Gasteiger partial charge is 0.390 e. The number of hydrogen-bond donors (Lipinski definition) is 2. The van der Waals surface area contributed by atoms with Crippen molar-refractivity contribution in [2.45, 2.75) is 18.6 Å². The van der Waals surface area contributed by atoms with Gasteiger partial charge in [-0.1, -0.05) is 12.1 Å². The van der Waals surface area contributed by atoms with Gasteiger partial charge in [-0.3, -0.25) is 19.3 Å². The fourth-order valence-corrected chi connectivity index (χ4v) is 4.65. The lowest BCUT2D eigenvalue weighted by Gasteiger charge is -2.17. The number of hydrogen-bond acceptors (Lipinski definition) is 6. The van der Waals surface area contributed by atoms with Crippen molar-refractivity contribution in [3.63, 3.8) is 0 Å². The highest BCUT2D eigenvalue weighted by atomic mass is 32.2. The van der Waals surface area contributed by atoms with Gasteiger partial charge in [-0.25, -0.2) is 4.39 Å². The van der Waals surface area contributed by atoms with Crippen molar-refractivity contribution >= 4 is 46.7 Å². The third-order valence-corrected chi connectivity index (χ3v) is 6.06. The SMILES string of the molecule is O=C(CCN1C(=O)S/C(=C/c2cccc(F)c2)C1=O)N[C@H]1CSC[C@H]1O. The number of thioether (sulfide) groups is 2. The number of carbonyl (C=O) groups is 3. The number of aliphatic hydroxyl groups is 1. The van der Waals surface area contributed by atoms with Gasteiger partial charge in [-0.05, 0) is 35.5 Å². The minimum absolute atomic E-state index is 0.0286. The molecule has 1 aromatic carbocycles. The molecule has 6 nitrogen and oxygen atoms in total. The molecule has 2 saturated heterocycles. The molecule has 2 aliphatic rings. The molecule has 1 aromatic rings. The summed E-state index contributed by atoms with van der Waals surface area (Å²) in [7, 11) is 0. The number of carbonyl (C=O) groups excluding carboxylic acids is 3. The lowest BCUT2D eigenvalue weighted by molar-refractivity contribution is -0.124. The summed E-state index contributed by atoms with van der Waals surface area (Å²) in [5.74, 6) is -0.0100. The summed E-state index contributed by atoms with van der Waals surface area (Å²) in [4.78, 5) is 37.6. The van der Waals surface area contributed by atoms with Gasteiger partial charge in [-0.15, -0.1) is 0 Å². The lowest BCUT2D eigenvalue weighted by atomic mass is 10.2. The lowest BCUT2D eigenvalue weighted by Crippen LogP contribution is -2.43. The average Bonchev–Trinajstić information content (AvgIpc) is 3.10. The molecule has 9 heteroatoms. The Morgan fingerprint density at radius 1 is 1.38 bits per heavy atom. The van der Waals surface area contributed by atoms with Crippen LogP contribution in [0.5, 0.6) is 0 Å². The van der Waals surface area contributed by atoms with Crippen molar-refractivity contribution in [1.29, 1.82) is 0 Å². The molecule has 0 spiro atoms. The van der Waals surface area contributed by atoms with Crippen LogP contribution in [0.2, 0.25) is 0 Å². The molecular formula is C17H17FN2O4S2. The molecule has 0 bridgehead atoms. The summed E-state index contributed by atoms with van der Waals surface area (Å²) in [5, 5.41) is 12.0. The normalized spacial score (nSPS) is 24.5. The molecule has 2 heterocycles.